The van der Waals surface area contributed by atoms with Gasteiger partial charge < -0.3 is 0 Å². The highest BCUT2D eigenvalue weighted by Crippen LogP contribution is 2.11. The summed E-state index contributed by atoms with van der Waals surface area (Å²) < 4.78 is 0. The molecule has 0 aliphatic carbocycles. The number of hydrogen-bond donors (Lipinski definition) is 1. The fourth-order valence-corrected chi connectivity index (χ4v) is 1.94. The molecule has 0 spiro atoms. The zero-order chi connectivity index (χ0) is 9.52. The van der Waals surface area contributed by atoms with E-state index in [0.717, 1.165) is 12.3 Å². The first kappa shape index (κ1) is 11.1. The van der Waals surface area contributed by atoms with Crippen LogP contribution in [-0.4, -0.2) is 30.3 Å². The summed E-state index contributed by atoms with van der Waals surface area (Å²) in [6.45, 7) is 7.58. The number of hydrogen-bond acceptors (Lipinski definition) is 2. The molecule has 13 heavy (non-hydrogen) atoms. The van der Waals surface area contributed by atoms with Gasteiger partial charge in [0.25, 0.3) is 0 Å². The van der Waals surface area contributed by atoms with E-state index in [1.807, 2.05) is 0 Å². The van der Waals surface area contributed by atoms with E-state index in [2.05, 4.69) is 24.1 Å². The Morgan fingerprint density at radius 3 is 2.15 bits per heavy atom. The van der Waals surface area contributed by atoms with E-state index in [0.29, 0.717) is 0 Å². The van der Waals surface area contributed by atoms with E-state index in [-0.39, 0.29) is 0 Å². The maximum Gasteiger partial charge on any atom is 0.0198 e. The molecule has 1 rings (SSSR count). The summed E-state index contributed by atoms with van der Waals surface area (Å²) in [5, 5.41) is 0. The summed E-state index contributed by atoms with van der Waals surface area (Å²) in [7, 11) is 0. The highest BCUT2D eigenvalue weighted by atomic mass is 32.1. The van der Waals surface area contributed by atoms with Crippen LogP contribution in [0.3, 0.4) is 0 Å². The number of thiol groups is 1. The van der Waals surface area contributed by atoms with Gasteiger partial charge in [0.1, 0.15) is 0 Å². The molecule has 76 valence electrons. The molecule has 0 amide bonds. The van der Waals surface area contributed by atoms with Crippen LogP contribution in [0.1, 0.15) is 32.1 Å². The molecule has 0 radical (unpaired) electrons. The molecule has 1 aliphatic heterocycles. The molecule has 0 atom stereocenters. The topological polar surface area (TPSA) is 3.24 Å². The fourth-order valence-electron chi connectivity index (χ4n) is 1.84. The maximum absolute atomic E-state index is 4.24. The van der Waals surface area contributed by atoms with Crippen LogP contribution < -0.4 is 0 Å². The summed E-state index contributed by atoms with van der Waals surface area (Å²) in [5.41, 5.74) is 1.25. The second-order valence-electron chi connectivity index (χ2n) is 3.95. The molecular formula is C11H21NS. The van der Waals surface area contributed by atoms with E-state index < -0.39 is 0 Å². The van der Waals surface area contributed by atoms with Crippen LogP contribution in [0.2, 0.25) is 0 Å². The van der Waals surface area contributed by atoms with Gasteiger partial charge in [0, 0.05) is 12.3 Å². The van der Waals surface area contributed by atoms with Crippen LogP contribution in [0.5, 0.6) is 0 Å². The molecule has 1 heterocycles. The van der Waals surface area contributed by atoms with Crippen molar-refractivity contribution in [1.29, 1.82) is 0 Å². The Bertz CT molecular complexity index is 148. The standard InChI is InChI=1S/C11H21NS/c1-11(10-13)9-12-7-5-3-2-4-6-8-12/h13H,1-10H2. The van der Waals surface area contributed by atoms with Gasteiger partial charge in [-0.25, -0.2) is 0 Å². The highest BCUT2D eigenvalue weighted by Gasteiger charge is 2.08. The van der Waals surface area contributed by atoms with Gasteiger partial charge in [0.15, 0.2) is 0 Å². The van der Waals surface area contributed by atoms with Crippen LogP contribution in [-0.2, 0) is 0 Å². The normalized spacial score (nSPS) is 20.7. The Morgan fingerprint density at radius 1 is 1.08 bits per heavy atom. The lowest BCUT2D eigenvalue weighted by Gasteiger charge is -2.24. The van der Waals surface area contributed by atoms with Crippen LogP contribution in [0, 0.1) is 0 Å². The number of nitrogens with zero attached hydrogens (tertiary/aromatic N) is 1. The SMILES string of the molecule is C=C(CS)CN1CCCCCCC1. The van der Waals surface area contributed by atoms with Crippen molar-refractivity contribution >= 4 is 12.6 Å². The van der Waals surface area contributed by atoms with Crippen LogP contribution in [0.25, 0.3) is 0 Å². The minimum Gasteiger partial charge on any atom is -0.299 e. The molecule has 1 nitrogen and oxygen atoms in total. The fraction of sp³-hybridized carbons (Fsp3) is 0.818. The second-order valence-corrected chi connectivity index (χ2v) is 4.27. The van der Waals surface area contributed by atoms with Gasteiger partial charge in [-0.3, -0.25) is 4.90 Å². The first-order chi connectivity index (χ1) is 6.33. The van der Waals surface area contributed by atoms with Crippen molar-refractivity contribution in [3.63, 3.8) is 0 Å². The lowest BCUT2D eigenvalue weighted by Crippen LogP contribution is -2.29. The van der Waals surface area contributed by atoms with Crippen molar-refractivity contribution in [3.05, 3.63) is 12.2 Å². The minimum atomic E-state index is 0.830. The van der Waals surface area contributed by atoms with Crippen LogP contribution in [0.15, 0.2) is 12.2 Å². The van der Waals surface area contributed by atoms with Crippen molar-refractivity contribution in [2.24, 2.45) is 0 Å². The highest BCUT2D eigenvalue weighted by molar-refractivity contribution is 7.80. The average molecular weight is 199 g/mol. The molecule has 0 aromatic heterocycles. The molecule has 0 aromatic rings. The third kappa shape index (κ3) is 4.72. The maximum atomic E-state index is 4.24. The van der Waals surface area contributed by atoms with Crippen molar-refractivity contribution < 1.29 is 0 Å². The summed E-state index contributed by atoms with van der Waals surface area (Å²) in [4.78, 5) is 2.53. The monoisotopic (exact) mass is 199 g/mol. The Kier molecular flexibility index (Phi) is 5.56. The predicted octanol–water partition coefficient (Wildman–Crippen LogP) is 2.74. The van der Waals surface area contributed by atoms with E-state index in [9.17, 15) is 0 Å². The van der Waals surface area contributed by atoms with Crippen molar-refractivity contribution in [3.8, 4) is 0 Å². The molecule has 0 saturated carbocycles. The summed E-state index contributed by atoms with van der Waals surface area (Å²) in [5.74, 6) is 0.830. The molecule has 0 bridgehead atoms. The zero-order valence-corrected chi connectivity index (χ0v) is 9.36. The Labute approximate surface area is 87.6 Å². The zero-order valence-electron chi connectivity index (χ0n) is 8.47. The molecule has 0 N–H and O–H groups in total. The molecule has 0 unspecified atom stereocenters. The van der Waals surface area contributed by atoms with E-state index >= 15 is 0 Å². The van der Waals surface area contributed by atoms with E-state index in [1.54, 1.807) is 0 Å². The Hall–Kier alpha value is 0.0500. The van der Waals surface area contributed by atoms with Crippen molar-refractivity contribution in [2.45, 2.75) is 32.1 Å². The van der Waals surface area contributed by atoms with E-state index in [4.69, 9.17) is 0 Å². The summed E-state index contributed by atoms with van der Waals surface area (Å²) >= 11 is 4.24. The predicted molar refractivity (Wildman–Crippen MR) is 62.5 cm³/mol. The largest absolute Gasteiger partial charge is 0.299 e. The van der Waals surface area contributed by atoms with Crippen molar-refractivity contribution in [1.82, 2.24) is 4.90 Å². The van der Waals surface area contributed by atoms with E-state index in [1.165, 1.54) is 50.8 Å². The van der Waals surface area contributed by atoms with Gasteiger partial charge >= 0.3 is 0 Å². The van der Waals surface area contributed by atoms with Crippen molar-refractivity contribution in [2.75, 3.05) is 25.4 Å². The lowest BCUT2D eigenvalue weighted by molar-refractivity contribution is 0.267. The second kappa shape index (κ2) is 6.50. The smallest absolute Gasteiger partial charge is 0.0198 e. The van der Waals surface area contributed by atoms with Gasteiger partial charge in [-0.2, -0.15) is 12.6 Å². The van der Waals surface area contributed by atoms with Crippen LogP contribution in [0.4, 0.5) is 0 Å². The van der Waals surface area contributed by atoms with Gasteiger partial charge in [-0.1, -0.05) is 31.4 Å². The molecule has 1 fully saturated rings. The average Bonchev–Trinajstić information content (AvgIpc) is 2.09. The van der Waals surface area contributed by atoms with Gasteiger partial charge in [-0.15, -0.1) is 0 Å². The number of likely N-dealkylation sites (tertiary alicyclic amines) is 1. The first-order valence-corrected chi connectivity index (χ1v) is 5.96. The molecule has 1 saturated heterocycles. The number of rotatable bonds is 3. The first-order valence-electron chi connectivity index (χ1n) is 5.33. The quantitative estimate of drug-likeness (QED) is 0.540. The molecule has 0 aromatic carbocycles. The Morgan fingerprint density at radius 2 is 1.62 bits per heavy atom. The molecular weight excluding hydrogens is 178 g/mol. The molecule has 2 heteroatoms. The van der Waals surface area contributed by atoms with Gasteiger partial charge in [0.05, 0.1) is 0 Å². The lowest BCUT2D eigenvalue weighted by atomic mass is 10.1. The minimum absolute atomic E-state index is 0.830. The third-order valence-electron chi connectivity index (χ3n) is 2.62. The summed E-state index contributed by atoms with van der Waals surface area (Å²) in [6.07, 6.45) is 6.97. The molecule has 1 aliphatic rings. The summed E-state index contributed by atoms with van der Waals surface area (Å²) in [6, 6.07) is 0. The Balaban J connectivity index is 2.25. The third-order valence-corrected chi connectivity index (χ3v) is 3.07. The van der Waals surface area contributed by atoms with Gasteiger partial charge in [-0.05, 0) is 25.9 Å². The van der Waals surface area contributed by atoms with Gasteiger partial charge in [0.2, 0.25) is 0 Å². The van der Waals surface area contributed by atoms with Crippen LogP contribution >= 0.6 is 12.6 Å².